The van der Waals surface area contributed by atoms with Crippen LogP contribution in [0.25, 0.3) is 11.1 Å². The Kier molecular flexibility index (Phi) is 7.05. The van der Waals surface area contributed by atoms with Gasteiger partial charge in [0, 0.05) is 10.9 Å². The molecule has 1 fully saturated rings. The molecule has 7 heteroatoms. The number of benzene rings is 1. The lowest BCUT2D eigenvalue weighted by atomic mass is 9.97. The van der Waals surface area contributed by atoms with Gasteiger partial charge in [-0.15, -0.1) is 11.3 Å². The number of hydrogen-bond donors (Lipinski definition) is 3. The van der Waals surface area contributed by atoms with Crippen LogP contribution < -0.4 is 15.1 Å². The number of esters is 1. The predicted octanol–water partition coefficient (Wildman–Crippen LogP) is 0.560. The van der Waals surface area contributed by atoms with E-state index in [0.717, 1.165) is 42.9 Å². The van der Waals surface area contributed by atoms with Gasteiger partial charge in [-0.2, -0.15) is 0 Å². The van der Waals surface area contributed by atoms with E-state index in [9.17, 15) is 9.59 Å². The molecule has 3 rings (SSSR count). The first-order valence-electron chi connectivity index (χ1n) is 10.2. The van der Waals surface area contributed by atoms with Gasteiger partial charge in [-0.05, 0) is 31.9 Å². The number of carbonyl (C=O) groups excluding carboxylic acids is 2. The number of anilines is 1. The molecule has 0 unspecified atom stereocenters. The quantitative estimate of drug-likeness (QED) is 0.602. The number of piperazine rings is 1. The minimum atomic E-state index is -0.394. The van der Waals surface area contributed by atoms with Crippen LogP contribution in [0.4, 0.5) is 5.00 Å². The molecule has 2 aromatic rings. The highest BCUT2D eigenvalue weighted by atomic mass is 32.1. The SMILES string of the molecule is CCOC(=O)c1c(-c2ccc(C)cc2C)csc1NC(=O)C[NH+]1CC[NH+](C)CC1. The number of hydrogen-bond acceptors (Lipinski definition) is 4. The first-order valence-corrected chi connectivity index (χ1v) is 11.1. The van der Waals surface area contributed by atoms with Crippen LogP contribution in [-0.4, -0.2) is 58.3 Å². The maximum atomic E-state index is 12.7. The van der Waals surface area contributed by atoms with Crippen LogP contribution in [0.3, 0.4) is 0 Å². The van der Waals surface area contributed by atoms with Crippen molar-refractivity contribution in [2.24, 2.45) is 0 Å². The van der Waals surface area contributed by atoms with Gasteiger partial charge < -0.3 is 19.9 Å². The third-order valence-electron chi connectivity index (χ3n) is 5.42. The van der Waals surface area contributed by atoms with Crippen LogP contribution >= 0.6 is 11.3 Å². The Bertz CT molecular complexity index is 885. The fraction of sp³-hybridized carbons (Fsp3) is 0.455. The molecule has 1 saturated heterocycles. The van der Waals surface area contributed by atoms with Gasteiger partial charge in [0.15, 0.2) is 6.54 Å². The number of nitrogens with one attached hydrogen (secondary N) is 3. The van der Waals surface area contributed by atoms with E-state index in [0.29, 0.717) is 23.7 Å². The highest BCUT2D eigenvalue weighted by molar-refractivity contribution is 7.15. The van der Waals surface area contributed by atoms with Gasteiger partial charge in [0.25, 0.3) is 5.91 Å². The molecule has 3 N–H and O–H groups in total. The van der Waals surface area contributed by atoms with Crippen LogP contribution in [-0.2, 0) is 9.53 Å². The zero-order valence-electron chi connectivity index (χ0n) is 17.7. The zero-order valence-corrected chi connectivity index (χ0v) is 18.5. The summed E-state index contributed by atoms with van der Waals surface area (Å²) in [5.41, 5.74) is 4.52. The summed E-state index contributed by atoms with van der Waals surface area (Å²) in [7, 11) is 2.18. The Labute approximate surface area is 176 Å². The maximum Gasteiger partial charge on any atom is 0.341 e. The first kappa shape index (κ1) is 21.5. The van der Waals surface area contributed by atoms with Gasteiger partial charge in [-0.3, -0.25) is 4.79 Å². The van der Waals surface area contributed by atoms with E-state index in [1.165, 1.54) is 26.7 Å². The molecule has 0 radical (unpaired) electrons. The van der Waals surface area contributed by atoms with Gasteiger partial charge in [0.05, 0.1) is 13.7 Å². The summed E-state index contributed by atoms with van der Waals surface area (Å²) in [6.07, 6.45) is 0. The molecule has 1 aromatic heterocycles. The summed E-state index contributed by atoms with van der Waals surface area (Å²) < 4.78 is 5.30. The van der Waals surface area contributed by atoms with Crippen molar-refractivity contribution in [1.29, 1.82) is 0 Å². The van der Waals surface area contributed by atoms with Crippen molar-refractivity contribution in [3.63, 3.8) is 0 Å². The molecule has 1 aliphatic heterocycles. The number of rotatable bonds is 6. The molecule has 29 heavy (non-hydrogen) atoms. The second-order valence-corrected chi connectivity index (χ2v) is 8.70. The van der Waals surface area contributed by atoms with E-state index < -0.39 is 5.97 Å². The van der Waals surface area contributed by atoms with Gasteiger partial charge >= 0.3 is 5.97 Å². The number of ether oxygens (including phenoxy) is 1. The lowest BCUT2D eigenvalue weighted by molar-refractivity contribution is -0.999. The minimum absolute atomic E-state index is 0.0564. The average molecular weight is 418 g/mol. The molecule has 156 valence electrons. The summed E-state index contributed by atoms with van der Waals surface area (Å²) in [5.74, 6) is -0.450. The second kappa shape index (κ2) is 9.52. The van der Waals surface area contributed by atoms with Crippen molar-refractivity contribution < 1.29 is 24.1 Å². The Morgan fingerprint density at radius 1 is 1.14 bits per heavy atom. The Morgan fingerprint density at radius 2 is 1.86 bits per heavy atom. The first-order chi connectivity index (χ1) is 13.9. The van der Waals surface area contributed by atoms with E-state index in [1.807, 2.05) is 31.4 Å². The summed E-state index contributed by atoms with van der Waals surface area (Å²) in [4.78, 5) is 28.2. The highest BCUT2D eigenvalue weighted by Gasteiger charge is 2.26. The number of amides is 1. The number of likely N-dealkylation sites (N-methyl/N-ethyl adjacent to an activating group) is 1. The molecule has 0 spiro atoms. The maximum absolute atomic E-state index is 12.7. The van der Waals surface area contributed by atoms with Gasteiger partial charge in [-0.25, -0.2) is 4.79 Å². The van der Waals surface area contributed by atoms with E-state index >= 15 is 0 Å². The Hall–Kier alpha value is -2.22. The van der Waals surface area contributed by atoms with Crippen molar-refractivity contribution in [2.75, 3.05) is 51.7 Å². The summed E-state index contributed by atoms with van der Waals surface area (Å²) >= 11 is 1.38. The standard InChI is InChI=1S/C22H29N3O3S/c1-5-28-22(27)20-18(17-7-6-15(2)12-16(17)3)14-29-21(20)23-19(26)13-25-10-8-24(4)9-11-25/h6-7,12,14H,5,8-11,13H2,1-4H3,(H,23,26)/p+2. The normalized spacial score (nSPS) is 19.0. The van der Waals surface area contributed by atoms with E-state index in [1.54, 1.807) is 6.92 Å². The van der Waals surface area contributed by atoms with E-state index in [4.69, 9.17) is 4.74 Å². The van der Waals surface area contributed by atoms with Gasteiger partial charge in [0.1, 0.15) is 36.7 Å². The molecular weight excluding hydrogens is 386 g/mol. The van der Waals surface area contributed by atoms with Gasteiger partial charge in [-0.1, -0.05) is 23.8 Å². The van der Waals surface area contributed by atoms with Crippen LogP contribution in [0.15, 0.2) is 23.6 Å². The largest absolute Gasteiger partial charge is 0.462 e. The molecule has 1 amide bonds. The predicted molar refractivity (Wildman–Crippen MR) is 116 cm³/mol. The second-order valence-electron chi connectivity index (χ2n) is 7.82. The summed E-state index contributed by atoms with van der Waals surface area (Å²) in [6, 6.07) is 6.16. The van der Waals surface area contributed by atoms with Crippen molar-refractivity contribution in [1.82, 2.24) is 0 Å². The molecule has 1 aliphatic rings. The van der Waals surface area contributed by atoms with Crippen LogP contribution in [0, 0.1) is 13.8 Å². The zero-order chi connectivity index (χ0) is 21.0. The van der Waals surface area contributed by atoms with Crippen molar-refractivity contribution >= 4 is 28.2 Å². The molecule has 6 nitrogen and oxygen atoms in total. The molecular formula is C22H31N3O3S+2. The van der Waals surface area contributed by atoms with Crippen molar-refractivity contribution in [3.8, 4) is 11.1 Å². The monoisotopic (exact) mass is 417 g/mol. The molecule has 0 aliphatic carbocycles. The number of carbonyl (C=O) groups is 2. The molecule has 0 bridgehead atoms. The summed E-state index contributed by atoms with van der Waals surface area (Å²) in [6.45, 7) is 10.7. The number of quaternary nitrogens is 2. The third kappa shape index (κ3) is 5.23. The third-order valence-corrected chi connectivity index (χ3v) is 6.31. The molecule has 0 atom stereocenters. The molecule has 1 aromatic carbocycles. The number of thiophene rings is 1. The molecule has 0 saturated carbocycles. The lowest BCUT2D eigenvalue weighted by Crippen LogP contribution is -3.27. The number of aryl methyl sites for hydroxylation is 2. The van der Waals surface area contributed by atoms with Gasteiger partial charge in [0.2, 0.25) is 0 Å². The highest BCUT2D eigenvalue weighted by Crippen LogP contribution is 2.37. The molecule has 2 heterocycles. The lowest BCUT2D eigenvalue weighted by Gasteiger charge is -2.26. The summed E-state index contributed by atoms with van der Waals surface area (Å²) in [5, 5.41) is 5.49. The Balaban J connectivity index is 1.83. The van der Waals surface area contributed by atoms with E-state index in [2.05, 4.69) is 18.4 Å². The Morgan fingerprint density at radius 3 is 2.52 bits per heavy atom. The topological polar surface area (TPSA) is 64.3 Å². The van der Waals surface area contributed by atoms with Crippen molar-refractivity contribution in [3.05, 3.63) is 40.3 Å². The van der Waals surface area contributed by atoms with Crippen LogP contribution in [0.2, 0.25) is 0 Å². The van der Waals surface area contributed by atoms with Crippen molar-refractivity contribution in [2.45, 2.75) is 20.8 Å². The van der Waals surface area contributed by atoms with E-state index in [-0.39, 0.29) is 5.91 Å². The fourth-order valence-corrected chi connectivity index (χ4v) is 4.74. The fourth-order valence-electron chi connectivity index (χ4n) is 3.77. The van der Waals surface area contributed by atoms with Crippen LogP contribution in [0.5, 0.6) is 0 Å². The minimum Gasteiger partial charge on any atom is -0.462 e. The average Bonchev–Trinajstić information content (AvgIpc) is 3.07. The van der Waals surface area contributed by atoms with Crippen LogP contribution in [0.1, 0.15) is 28.4 Å². The smallest absolute Gasteiger partial charge is 0.341 e.